The monoisotopic (exact) mass is 247 g/mol. The third kappa shape index (κ3) is 1.80. The summed E-state index contributed by atoms with van der Waals surface area (Å²) in [6.45, 7) is 2.69. The van der Waals surface area contributed by atoms with Gasteiger partial charge in [0.15, 0.2) is 17.3 Å². The molecule has 0 fully saturated rings. The van der Waals surface area contributed by atoms with Gasteiger partial charge < -0.3 is 19.7 Å². The summed E-state index contributed by atoms with van der Waals surface area (Å²) >= 11 is 0. The molecule has 18 heavy (non-hydrogen) atoms. The van der Waals surface area contributed by atoms with Gasteiger partial charge >= 0.3 is 0 Å². The summed E-state index contributed by atoms with van der Waals surface area (Å²) < 4.78 is 15.8. The highest BCUT2D eigenvalue weighted by Crippen LogP contribution is 2.35. The van der Waals surface area contributed by atoms with Crippen molar-refractivity contribution in [1.29, 1.82) is 0 Å². The minimum absolute atomic E-state index is 0.0801. The van der Waals surface area contributed by atoms with E-state index >= 15 is 0 Å². The predicted octanol–water partition coefficient (Wildman–Crippen LogP) is 1.53. The number of ether oxygens (including phenoxy) is 2. The normalized spacial score (nSPS) is 14.8. The first kappa shape index (κ1) is 11.0. The fourth-order valence-corrected chi connectivity index (χ4v) is 1.69. The number of aromatic nitrogens is 2. The van der Waals surface area contributed by atoms with Crippen LogP contribution in [0.2, 0.25) is 0 Å². The molecular weight excluding hydrogens is 234 g/mol. The van der Waals surface area contributed by atoms with E-state index in [4.69, 9.17) is 19.7 Å². The van der Waals surface area contributed by atoms with Gasteiger partial charge in [0.05, 0.1) is 0 Å². The second-order valence-electron chi connectivity index (χ2n) is 4.16. The van der Waals surface area contributed by atoms with E-state index in [9.17, 15) is 0 Å². The van der Waals surface area contributed by atoms with Crippen molar-refractivity contribution in [2.24, 2.45) is 5.73 Å². The van der Waals surface area contributed by atoms with Crippen LogP contribution in [0.25, 0.3) is 11.5 Å². The lowest BCUT2D eigenvalue weighted by Crippen LogP contribution is -2.10. The Kier molecular flexibility index (Phi) is 2.64. The van der Waals surface area contributed by atoms with E-state index in [0.717, 1.165) is 11.3 Å². The van der Waals surface area contributed by atoms with Crippen LogP contribution in [0.1, 0.15) is 18.7 Å². The van der Waals surface area contributed by atoms with E-state index in [1.807, 2.05) is 25.1 Å². The van der Waals surface area contributed by atoms with E-state index < -0.39 is 0 Å². The van der Waals surface area contributed by atoms with E-state index in [0.29, 0.717) is 24.0 Å². The van der Waals surface area contributed by atoms with Gasteiger partial charge in [-0.05, 0) is 18.2 Å². The van der Waals surface area contributed by atoms with Crippen LogP contribution in [0.3, 0.4) is 0 Å². The lowest BCUT2D eigenvalue weighted by atomic mass is 10.1. The Hall–Kier alpha value is -2.08. The van der Waals surface area contributed by atoms with Gasteiger partial charge in [-0.3, -0.25) is 0 Å². The van der Waals surface area contributed by atoms with Crippen molar-refractivity contribution in [2.45, 2.75) is 12.8 Å². The molecule has 3 rings (SSSR count). The summed E-state index contributed by atoms with van der Waals surface area (Å²) in [5.41, 5.74) is 6.38. The third-order valence-electron chi connectivity index (χ3n) is 2.86. The summed E-state index contributed by atoms with van der Waals surface area (Å²) in [7, 11) is 0. The zero-order valence-corrected chi connectivity index (χ0v) is 9.92. The van der Waals surface area contributed by atoms with Crippen LogP contribution in [0.4, 0.5) is 0 Å². The number of rotatable bonds is 3. The second-order valence-corrected chi connectivity index (χ2v) is 4.16. The van der Waals surface area contributed by atoms with Gasteiger partial charge in [-0.15, -0.1) is 0 Å². The third-order valence-corrected chi connectivity index (χ3v) is 2.86. The SMILES string of the molecule is CC(CN)c1noc(-c2ccc3c(c2)OCO3)n1. The topological polar surface area (TPSA) is 83.4 Å². The molecule has 6 nitrogen and oxygen atoms in total. The van der Waals surface area contributed by atoms with Gasteiger partial charge in [-0.2, -0.15) is 4.98 Å². The average molecular weight is 247 g/mol. The maximum Gasteiger partial charge on any atom is 0.258 e. The smallest absolute Gasteiger partial charge is 0.258 e. The summed E-state index contributed by atoms with van der Waals surface area (Å²) in [6, 6.07) is 5.51. The van der Waals surface area contributed by atoms with Crippen LogP contribution in [0.15, 0.2) is 22.7 Å². The number of fused-ring (bicyclic) bond motifs is 1. The molecule has 2 aromatic rings. The molecule has 1 aliphatic rings. The minimum atomic E-state index is 0.0801. The summed E-state index contributed by atoms with van der Waals surface area (Å²) in [6.07, 6.45) is 0. The Morgan fingerprint density at radius 3 is 3.00 bits per heavy atom. The highest BCUT2D eigenvalue weighted by atomic mass is 16.7. The van der Waals surface area contributed by atoms with Crippen LogP contribution in [-0.2, 0) is 0 Å². The molecule has 0 bridgehead atoms. The Labute approximate surface area is 104 Å². The Balaban J connectivity index is 1.92. The first-order chi connectivity index (χ1) is 8.78. The first-order valence-electron chi connectivity index (χ1n) is 5.71. The molecule has 0 saturated heterocycles. The van der Waals surface area contributed by atoms with E-state index in [1.54, 1.807) is 0 Å². The van der Waals surface area contributed by atoms with Crippen molar-refractivity contribution >= 4 is 0 Å². The highest BCUT2D eigenvalue weighted by molar-refractivity contribution is 5.60. The van der Waals surface area contributed by atoms with E-state index in [2.05, 4.69) is 10.1 Å². The molecule has 1 aliphatic heterocycles. The average Bonchev–Trinajstić information content (AvgIpc) is 3.05. The Bertz CT molecular complexity index is 567. The molecule has 0 radical (unpaired) electrons. The number of nitrogens with zero attached hydrogens (tertiary/aromatic N) is 2. The molecular formula is C12H13N3O3. The first-order valence-corrected chi connectivity index (χ1v) is 5.71. The molecule has 94 valence electrons. The zero-order valence-electron chi connectivity index (χ0n) is 9.92. The van der Waals surface area contributed by atoms with Crippen LogP contribution < -0.4 is 15.2 Å². The van der Waals surface area contributed by atoms with Crippen molar-refractivity contribution in [3.05, 3.63) is 24.0 Å². The van der Waals surface area contributed by atoms with Gasteiger partial charge in [0.25, 0.3) is 5.89 Å². The Morgan fingerprint density at radius 2 is 2.17 bits per heavy atom. The van der Waals surface area contributed by atoms with Crippen LogP contribution in [-0.4, -0.2) is 23.5 Å². The number of benzene rings is 1. The molecule has 1 unspecified atom stereocenters. The van der Waals surface area contributed by atoms with Crippen LogP contribution in [0.5, 0.6) is 11.5 Å². The standard InChI is InChI=1S/C12H13N3O3/c1-7(5-13)11-14-12(18-15-11)8-2-3-9-10(4-8)17-6-16-9/h2-4,7H,5-6,13H2,1H3. The highest BCUT2D eigenvalue weighted by Gasteiger charge is 2.18. The fourth-order valence-electron chi connectivity index (χ4n) is 1.69. The predicted molar refractivity (Wildman–Crippen MR) is 63.3 cm³/mol. The minimum Gasteiger partial charge on any atom is -0.454 e. The summed E-state index contributed by atoms with van der Waals surface area (Å²) in [5.74, 6) is 2.58. The lowest BCUT2D eigenvalue weighted by Gasteiger charge is -1.99. The van der Waals surface area contributed by atoms with Crippen molar-refractivity contribution in [3.8, 4) is 23.0 Å². The van der Waals surface area contributed by atoms with Gasteiger partial charge in [0.2, 0.25) is 6.79 Å². The van der Waals surface area contributed by atoms with Gasteiger partial charge in [0.1, 0.15) is 0 Å². The van der Waals surface area contributed by atoms with Gasteiger partial charge in [-0.1, -0.05) is 12.1 Å². The molecule has 1 atom stereocenters. The van der Waals surface area contributed by atoms with Crippen LogP contribution in [0, 0.1) is 0 Å². The van der Waals surface area contributed by atoms with Crippen molar-refractivity contribution in [2.75, 3.05) is 13.3 Å². The lowest BCUT2D eigenvalue weighted by molar-refractivity contribution is 0.174. The molecule has 0 aliphatic carbocycles. The molecule has 0 saturated carbocycles. The second kappa shape index (κ2) is 4.30. The van der Waals surface area contributed by atoms with Crippen LogP contribution >= 0.6 is 0 Å². The maximum absolute atomic E-state index is 5.57. The summed E-state index contributed by atoms with van der Waals surface area (Å²) in [5, 5.41) is 3.92. The molecule has 0 spiro atoms. The van der Waals surface area contributed by atoms with E-state index in [1.165, 1.54) is 0 Å². The molecule has 6 heteroatoms. The fraction of sp³-hybridized carbons (Fsp3) is 0.333. The number of nitrogens with two attached hydrogens (primary N) is 1. The number of hydrogen-bond acceptors (Lipinski definition) is 6. The molecule has 1 aromatic carbocycles. The van der Waals surface area contributed by atoms with Crippen molar-refractivity contribution < 1.29 is 14.0 Å². The molecule has 1 aromatic heterocycles. The van der Waals surface area contributed by atoms with Crippen molar-refractivity contribution in [3.63, 3.8) is 0 Å². The molecule has 2 N–H and O–H groups in total. The van der Waals surface area contributed by atoms with Crippen molar-refractivity contribution in [1.82, 2.24) is 10.1 Å². The number of hydrogen-bond donors (Lipinski definition) is 1. The van der Waals surface area contributed by atoms with E-state index in [-0.39, 0.29) is 12.7 Å². The Morgan fingerprint density at radius 1 is 1.33 bits per heavy atom. The largest absolute Gasteiger partial charge is 0.454 e. The quantitative estimate of drug-likeness (QED) is 0.885. The van der Waals surface area contributed by atoms with Gasteiger partial charge in [0, 0.05) is 18.0 Å². The molecule has 2 heterocycles. The maximum atomic E-state index is 5.57. The zero-order chi connectivity index (χ0) is 12.5. The summed E-state index contributed by atoms with van der Waals surface area (Å²) in [4.78, 5) is 4.32. The molecule has 0 amide bonds. The van der Waals surface area contributed by atoms with Gasteiger partial charge in [-0.25, -0.2) is 0 Å².